The molecule has 0 fully saturated rings. The molecule has 2 nitrogen and oxygen atoms in total. The summed E-state index contributed by atoms with van der Waals surface area (Å²) in [6.45, 7) is 1.22. The molecule has 2 rings (SSSR count). The number of benzene rings is 2. The van der Waals surface area contributed by atoms with E-state index < -0.39 is 0 Å². The monoisotopic (exact) mass is 277 g/mol. The van der Waals surface area contributed by atoms with Crippen LogP contribution in [0.2, 0.25) is 0 Å². The topological polar surface area (TPSA) is 35.2 Å². The predicted octanol–water partition coefficient (Wildman–Crippen LogP) is 3.20. The number of hydrogen-bond donors (Lipinski definition) is 1. The van der Waals surface area contributed by atoms with Crippen molar-refractivity contribution in [2.75, 3.05) is 6.61 Å². The van der Waals surface area contributed by atoms with E-state index in [1.165, 1.54) is 11.1 Å². The van der Waals surface area contributed by atoms with E-state index in [2.05, 4.69) is 24.3 Å². The Bertz CT molecular complexity index is 447. The highest BCUT2D eigenvalue weighted by molar-refractivity contribution is 5.85. The fourth-order valence-corrected chi connectivity index (χ4v) is 1.88. The van der Waals surface area contributed by atoms with Gasteiger partial charge in [0.15, 0.2) is 0 Å². The fraction of sp³-hybridized carbons (Fsp3) is 0.250. The van der Waals surface area contributed by atoms with Crippen LogP contribution in [0.5, 0.6) is 0 Å². The van der Waals surface area contributed by atoms with Crippen LogP contribution in [0.3, 0.4) is 0 Å². The molecule has 0 amide bonds. The molecule has 3 heteroatoms. The lowest BCUT2D eigenvalue weighted by molar-refractivity contribution is 0.108. The second-order valence-electron chi connectivity index (χ2n) is 4.45. The van der Waals surface area contributed by atoms with Gasteiger partial charge in [-0.15, -0.1) is 12.4 Å². The third-order valence-corrected chi connectivity index (χ3v) is 2.78. The molecule has 0 spiro atoms. The number of ether oxygens (including phenoxy) is 1. The van der Waals surface area contributed by atoms with Gasteiger partial charge in [0.25, 0.3) is 0 Å². The highest BCUT2D eigenvalue weighted by Gasteiger charge is 2.04. The average molecular weight is 278 g/mol. The molecule has 0 aromatic heterocycles. The van der Waals surface area contributed by atoms with Gasteiger partial charge in [-0.3, -0.25) is 0 Å². The van der Waals surface area contributed by atoms with E-state index in [4.69, 9.17) is 10.5 Å². The van der Waals surface area contributed by atoms with Crippen molar-refractivity contribution < 1.29 is 4.74 Å². The first-order chi connectivity index (χ1) is 8.84. The lowest BCUT2D eigenvalue weighted by atomic mass is 10.1. The molecule has 0 unspecified atom stereocenters. The Labute approximate surface area is 121 Å². The van der Waals surface area contributed by atoms with Crippen LogP contribution in [0.4, 0.5) is 0 Å². The molecule has 0 saturated carbocycles. The average Bonchev–Trinajstić information content (AvgIpc) is 2.41. The molecular weight excluding hydrogens is 258 g/mol. The maximum absolute atomic E-state index is 6.04. The molecule has 0 radical (unpaired) electrons. The molecule has 0 aliphatic rings. The van der Waals surface area contributed by atoms with Crippen molar-refractivity contribution in [3.63, 3.8) is 0 Å². The minimum atomic E-state index is 0. The maximum atomic E-state index is 6.04. The normalized spacial score (nSPS) is 11.6. The number of hydrogen-bond acceptors (Lipinski definition) is 2. The van der Waals surface area contributed by atoms with E-state index in [1.54, 1.807) is 0 Å². The van der Waals surface area contributed by atoms with Crippen LogP contribution in [-0.4, -0.2) is 12.6 Å². The first kappa shape index (κ1) is 15.7. The standard InChI is InChI=1S/C16H19NO.ClH/c17-16(11-14-7-3-1-4-8-14)13-18-12-15-9-5-2-6-10-15;/h1-10,16H,11-13,17H2;1H/t16-;/m1./s1. The molecule has 0 aliphatic heterocycles. The summed E-state index contributed by atoms with van der Waals surface area (Å²) >= 11 is 0. The van der Waals surface area contributed by atoms with E-state index >= 15 is 0 Å². The fourth-order valence-electron chi connectivity index (χ4n) is 1.88. The second kappa shape index (κ2) is 8.70. The van der Waals surface area contributed by atoms with Crippen LogP contribution < -0.4 is 5.73 Å². The molecule has 2 N–H and O–H groups in total. The highest BCUT2D eigenvalue weighted by atomic mass is 35.5. The molecule has 0 saturated heterocycles. The molecule has 2 aromatic carbocycles. The second-order valence-corrected chi connectivity index (χ2v) is 4.45. The Kier molecular flexibility index (Phi) is 7.19. The number of halogens is 1. The van der Waals surface area contributed by atoms with Gasteiger partial charge in [0.1, 0.15) is 0 Å². The first-order valence-electron chi connectivity index (χ1n) is 6.26. The first-order valence-corrected chi connectivity index (χ1v) is 6.26. The summed E-state index contributed by atoms with van der Waals surface area (Å²) in [6.07, 6.45) is 0.857. The molecule has 1 atom stereocenters. The maximum Gasteiger partial charge on any atom is 0.0717 e. The quantitative estimate of drug-likeness (QED) is 0.880. The van der Waals surface area contributed by atoms with Crippen LogP contribution in [-0.2, 0) is 17.8 Å². The minimum Gasteiger partial charge on any atom is -0.375 e. The summed E-state index contributed by atoms with van der Waals surface area (Å²) in [5.74, 6) is 0. The Morgan fingerprint density at radius 2 is 1.37 bits per heavy atom. The summed E-state index contributed by atoms with van der Waals surface area (Å²) in [5, 5.41) is 0. The van der Waals surface area contributed by atoms with Gasteiger partial charge in [-0.1, -0.05) is 60.7 Å². The van der Waals surface area contributed by atoms with E-state index in [0.717, 1.165) is 6.42 Å². The number of nitrogens with two attached hydrogens (primary N) is 1. The van der Waals surface area contributed by atoms with Crippen LogP contribution in [0.25, 0.3) is 0 Å². The zero-order valence-corrected chi connectivity index (χ0v) is 11.7. The molecule has 102 valence electrons. The molecule has 0 heterocycles. The largest absolute Gasteiger partial charge is 0.375 e. The number of rotatable bonds is 6. The van der Waals surface area contributed by atoms with Crippen LogP contribution >= 0.6 is 12.4 Å². The Balaban J connectivity index is 0.00000180. The molecule has 19 heavy (non-hydrogen) atoms. The van der Waals surface area contributed by atoms with Crippen molar-refractivity contribution in [3.05, 3.63) is 71.8 Å². The zero-order valence-electron chi connectivity index (χ0n) is 10.9. The summed E-state index contributed by atoms with van der Waals surface area (Å²) in [7, 11) is 0. The van der Waals surface area contributed by atoms with Crippen LogP contribution in [0, 0.1) is 0 Å². The summed E-state index contributed by atoms with van der Waals surface area (Å²) in [6, 6.07) is 20.5. The third kappa shape index (κ3) is 5.88. The lowest BCUT2D eigenvalue weighted by Gasteiger charge is -2.12. The van der Waals surface area contributed by atoms with Gasteiger partial charge in [-0.2, -0.15) is 0 Å². The van der Waals surface area contributed by atoms with Gasteiger partial charge >= 0.3 is 0 Å². The van der Waals surface area contributed by atoms with Gasteiger partial charge in [-0.25, -0.2) is 0 Å². The SMILES string of the molecule is Cl.N[C@@H](COCc1ccccc1)Cc1ccccc1. The Morgan fingerprint density at radius 1 is 0.842 bits per heavy atom. The smallest absolute Gasteiger partial charge is 0.0717 e. The molecule has 0 aliphatic carbocycles. The van der Waals surface area contributed by atoms with Gasteiger partial charge in [0.2, 0.25) is 0 Å². The molecular formula is C16H20ClNO. The van der Waals surface area contributed by atoms with Crippen molar-refractivity contribution in [2.24, 2.45) is 5.73 Å². The van der Waals surface area contributed by atoms with Crippen LogP contribution in [0.1, 0.15) is 11.1 Å². The van der Waals surface area contributed by atoms with Gasteiger partial charge in [0.05, 0.1) is 13.2 Å². The lowest BCUT2D eigenvalue weighted by Crippen LogP contribution is -2.28. The van der Waals surface area contributed by atoms with Gasteiger partial charge < -0.3 is 10.5 Å². The Hall–Kier alpha value is -1.35. The van der Waals surface area contributed by atoms with Crippen molar-refractivity contribution >= 4 is 12.4 Å². The van der Waals surface area contributed by atoms with E-state index in [9.17, 15) is 0 Å². The van der Waals surface area contributed by atoms with E-state index in [-0.39, 0.29) is 18.4 Å². The Morgan fingerprint density at radius 3 is 1.95 bits per heavy atom. The third-order valence-electron chi connectivity index (χ3n) is 2.78. The highest BCUT2D eigenvalue weighted by Crippen LogP contribution is 2.04. The minimum absolute atomic E-state index is 0. The van der Waals surface area contributed by atoms with Crippen molar-refractivity contribution in [1.82, 2.24) is 0 Å². The van der Waals surface area contributed by atoms with E-state index in [0.29, 0.717) is 13.2 Å². The van der Waals surface area contributed by atoms with Crippen molar-refractivity contribution in [1.29, 1.82) is 0 Å². The van der Waals surface area contributed by atoms with Crippen LogP contribution in [0.15, 0.2) is 60.7 Å². The molecule has 2 aromatic rings. The van der Waals surface area contributed by atoms with Gasteiger partial charge in [-0.05, 0) is 17.5 Å². The summed E-state index contributed by atoms with van der Waals surface area (Å²) < 4.78 is 5.63. The van der Waals surface area contributed by atoms with Crippen molar-refractivity contribution in [3.8, 4) is 0 Å². The van der Waals surface area contributed by atoms with E-state index in [1.807, 2.05) is 36.4 Å². The van der Waals surface area contributed by atoms with Crippen molar-refractivity contribution in [2.45, 2.75) is 19.1 Å². The summed E-state index contributed by atoms with van der Waals surface area (Å²) in [4.78, 5) is 0. The van der Waals surface area contributed by atoms with Gasteiger partial charge in [0, 0.05) is 6.04 Å². The zero-order chi connectivity index (χ0) is 12.6. The summed E-state index contributed by atoms with van der Waals surface area (Å²) in [5.41, 5.74) is 8.49. The molecule has 0 bridgehead atoms. The predicted molar refractivity (Wildman–Crippen MR) is 81.5 cm³/mol.